The fourth-order valence-electron chi connectivity index (χ4n) is 4.71. The van der Waals surface area contributed by atoms with Crippen LogP contribution in [0.25, 0.3) is 0 Å². The normalized spacial score (nSPS) is 20.9. The maximum absolute atomic E-state index is 15.4. The molecule has 0 saturated carbocycles. The lowest BCUT2D eigenvalue weighted by molar-refractivity contribution is -0.239. The van der Waals surface area contributed by atoms with Crippen LogP contribution in [-0.2, 0) is 49.3 Å². The number of carbonyl (C=O) groups is 5. The quantitative estimate of drug-likeness (QED) is 0.103. The average Bonchev–Trinajstić information content (AvgIpc) is 2.97. The summed E-state index contributed by atoms with van der Waals surface area (Å²) in [6.07, 6.45) is -6.07. The van der Waals surface area contributed by atoms with Gasteiger partial charge < -0.3 is 34.5 Å². The highest BCUT2D eigenvalue weighted by Gasteiger charge is 2.51. The van der Waals surface area contributed by atoms with Crippen molar-refractivity contribution in [1.82, 2.24) is 10.6 Å². The Morgan fingerprint density at radius 1 is 0.867 bits per heavy atom. The monoisotopic (exact) mass is 677 g/mol. The van der Waals surface area contributed by atoms with Crippen molar-refractivity contribution in [1.29, 1.82) is 0 Å². The molecule has 0 bridgehead atoms. The third-order valence-electron chi connectivity index (χ3n) is 6.76. The van der Waals surface area contributed by atoms with Gasteiger partial charge in [-0.3, -0.25) is 24.0 Å². The van der Waals surface area contributed by atoms with Gasteiger partial charge in [0, 0.05) is 70.7 Å². The van der Waals surface area contributed by atoms with Gasteiger partial charge in [0.25, 0.3) is 0 Å². The smallest absolute Gasteiger partial charge is 0.303 e. The van der Waals surface area contributed by atoms with Gasteiger partial charge in [-0.15, -0.1) is 23.2 Å². The Kier molecular flexibility index (Phi) is 17.0. The van der Waals surface area contributed by atoms with Crippen molar-refractivity contribution in [3.05, 3.63) is 29.8 Å². The van der Waals surface area contributed by atoms with Crippen molar-refractivity contribution in [2.75, 3.05) is 42.9 Å². The van der Waals surface area contributed by atoms with Gasteiger partial charge in [-0.05, 0) is 37.0 Å². The lowest BCUT2D eigenvalue weighted by atomic mass is 9.98. The Bertz CT molecular complexity index is 1120. The van der Waals surface area contributed by atoms with Crippen LogP contribution in [0, 0.1) is 0 Å². The maximum Gasteiger partial charge on any atom is 0.303 e. The van der Waals surface area contributed by atoms with Crippen molar-refractivity contribution in [2.45, 2.75) is 83.6 Å². The first-order valence-corrected chi connectivity index (χ1v) is 15.8. The van der Waals surface area contributed by atoms with Crippen molar-refractivity contribution in [3.8, 4) is 0 Å². The second kappa shape index (κ2) is 20.1. The molecular formula is C30H42Cl2FN3O9. The summed E-state index contributed by atoms with van der Waals surface area (Å²) < 4.78 is 36.1. The molecule has 2 N–H and O–H groups in total. The fourth-order valence-corrected chi connectivity index (χ4v) is 5.12. The number of aryl methyl sites for hydroxylation is 1. The molecule has 5 atom stereocenters. The number of nitrogens with zero attached hydrogens (tertiary/aromatic N) is 1. The van der Waals surface area contributed by atoms with Gasteiger partial charge >= 0.3 is 17.9 Å². The fraction of sp³-hybridized carbons (Fsp3) is 0.633. The van der Waals surface area contributed by atoms with E-state index in [0.29, 0.717) is 37.7 Å². The van der Waals surface area contributed by atoms with E-state index in [9.17, 15) is 24.0 Å². The molecule has 0 aliphatic carbocycles. The van der Waals surface area contributed by atoms with Crippen molar-refractivity contribution in [2.24, 2.45) is 0 Å². The molecule has 2 amide bonds. The average molecular weight is 679 g/mol. The van der Waals surface area contributed by atoms with E-state index >= 15 is 4.39 Å². The van der Waals surface area contributed by atoms with Crippen molar-refractivity contribution in [3.63, 3.8) is 0 Å². The van der Waals surface area contributed by atoms with E-state index in [-0.39, 0.29) is 25.3 Å². The van der Waals surface area contributed by atoms with E-state index in [4.69, 9.17) is 42.1 Å². The van der Waals surface area contributed by atoms with Crippen LogP contribution in [0.2, 0.25) is 0 Å². The Labute approximate surface area is 272 Å². The number of amides is 2. The minimum absolute atomic E-state index is 0.0656. The molecule has 1 aromatic carbocycles. The standard InChI is InChI=1S/C30H42Cl2FN3O9/c1-19(37)42-18-24-28(43-20(2)38)29(44-21(3)39)27(33)30(45-24)35-26(41)8-5-15-34-25(40)7-4-6-22-9-11-23(12-10-22)36(16-13-31)17-14-32/h9-12,24,27-30H,4-8,13-18H2,1-3H3,(H,34,40)(H,35,41)/t24-,27-,28-,29-,30-/m1/s1. The molecule has 2 rings (SSSR count). The molecular weight excluding hydrogens is 636 g/mol. The second-order valence-electron chi connectivity index (χ2n) is 10.4. The van der Waals surface area contributed by atoms with Gasteiger partial charge in [-0.1, -0.05) is 12.1 Å². The van der Waals surface area contributed by atoms with Crippen molar-refractivity contribution < 1.29 is 47.3 Å². The minimum Gasteiger partial charge on any atom is -0.463 e. The summed E-state index contributed by atoms with van der Waals surface area (Å²) in [7, 11) is 0. The molecule has 1 aliphatic rings. The number of anilines is 1. The zero-order valence-electron chi connectivity index (χ0n) is 25.7. The number of esters is 3. The third kappa shape index (κ3) is 13.8. The SMILES string of the molecule is CC(=O)OC[C@H]1O[C@@H](NC(=O)CCCNC(=O)CCCc2ccc(N(CCCl)CCCl)cc2)[C@H](F)[C@@H](OC(C)=O)[C@@H]1OC(C)=O. The first kappa shape index (κ1) is 38.0. The lowest BCUT2D eigenvalue weighted by Crippen LogP contribution is -2.63. The molecule has 45 heavy (non-hydrogen) atoms. The predicted molar refractivity (Wildman–Crippen MR) is 165 cm³/mol. The summed E-state index contributed by atoms with van der Waals surface area (Å²) in [5.41, 5.74) is 2.14. The van der Waals surface area contributed by atoms with Gasteiger partial charge in [-0.25, -0.2) is 4.39 Å². The number of benzene rings is 1. The van der Waals surface area contributed by atoms with Crippen LogP contribution in [0.15, 0.2) is 24.3 Å². The van der Waals surface area contributed by atoms with Gasteiger partial charge in [0.2, 0.25) is 11.8 Å². The van der Waals surface area contributed by atoms with Gasteiger partial charge in [0.15, 0.2) is 24.6 Å². The number of rotatable bonds is 18. The number of halogens is 3. The molecule has 1 heterocycles. The van der Waals surface area contributed by atoms with Gasteiger partial charge in [0.1, 0.15) is 12.7 Å². The highest BCUT2D eigenvalue weighted by Crippen LogP contribution is 2.28. The van der Waals surface area contributed by atoms with E-state index in [1.807, 2.05) is 24.3 Å². The Morgan fingerprint density at radius 3 is 2.04 bits per heavy atom. The largest absolute Gasteiger partial charge is 0.463 e. The van der Waals surface area contributed by atoms with E-state index in [1.54, 1.807) is 0 Å². The van der Waals surface area contributed by atoms with Gasteiger partial charge in [0.05, 0.1) is 0 Å². The molecule has 1 fully saturated rings. The molecule has 252 valence electrons. The molecule has 0 spiro atoms. The number of carbonyl (C=O) groups excluding carboxylic acids is 5. The first-order chi connectivity index (χ1) is 21.4. The zero-order valence-corrected chi connectivity index (χ0v) is 27.2. The van der Waals surface area contributed by atoms with Crippen molar-refractivity contribution >= 4 is 58.6 Å². The van der Waals surface area contributed by atoms with Crippen LogP contribution in [0.1, 0.15) is 52.0 Å². The van der Waals surface area contributed by atoms with Crippen LogP contribution in [0.3, 0.4) is 0 Å². The summed E-state index contributed by atoms with van der Waals surface area (Å²) >= 11 is 11.8. The van der Waals surface area contributed by atoms with Crippen LogP contribution in [-0.4, -0.2) is 98.4 Å². The Balaban J connectivity index is 1.80. The molecule has 0 radical (unpaired) electrons. The molecule has 0 aromatic heterocycles. The summed E-state index contributed by atoms with van der Waals surface area (Å²) in [4.78, 5) is 61.6. The lowest BCUT2D eigenvalue weighted by Gasteiger charge is -2.42. The molecule has 0 unspecified atom stereocenters. The van der Waals surface area contributed by atoms with Crippen LogP contribution >= 0.6 is 23.2 Å². The Morgan fingerprint density at radius 2 is 1.47 bits per heavy atom. The minimum atomic E-state index is -2.10. The van der Waals surface area contributed by atoms with E-state index in [2.05, 4.69) is 15.5 Å². The number of ether oxygens (including phenoxy) is 4. The maximum atomic E-state index is 15.4. The van der Waals surface area contributed by atoms with Crippen LogP contribution in [0.5, 0.6) is 0 Å². The summed E-state index contributed by atoms with van der Waals surface area (Å²) in [5, 5.41) is 5.16. The summed E-state index contributed by atoms with van der Waals surface area (Å²) in [6.45, 7) is 4.46. The Hall–Kier alpha value is -3.16. The number of alkyl halides is 3. The highest BCUT2D eigenvalue weighted by atomic mass is 35.5. The van der Waals surface area contributed by atoms with E-state index in [0.717, 1.165) is 38.4 Å². The zero-order chi connectivity index (χ0) is 33.4. The first-order valence-electron chi connectivity index (χ1n) is 14.7. The number of nitrogens with one attached hydrogen (secondary N) is 2. The van der Waals surface area contributed by atoms with E-state index < -0.39 is 61.1 Å². The van der Waals surface area contributed by atoms with E-state index in [1.165, 1.54) is 0 Å². The highest BCUT2D eigenvalue weighted by molar-refractivity contribution is 6.18. The molecule has 1 saturated heterocycles. The predicted octanol–water partition coefficient (Wildman–Crippen LogP) is 2.80. The molecule has 1 aliphatic heterocycles. The molecule has 15 heteroatoms. The molecule has 12 nitrogen and oxygen atoms in total. The van der Waals surface area contributed by atoms with Crippen LogP contribution in [0.4, 0.5) is 10.1 Å². The summed E-state index contributed by atoms with van der Waals surface area (Å²) in [5.74, 6) is -2.06. The van der Waals surface area contributed by atoms with Gasteiger partial charge in [-0.2, -0.15) is 0 Å². The second-order valence-corrected chi connectivity index (χ2v) is 11.2. The molecule has 1 aromatic rings. The third-order valence-corrected chi connectivity index (χ3v) is 7.09. The van der Waals surface area contributed by atoms with Crippen LogP contribution < -0.4 is 15.5 Å². The summed E-state index contributed by atoms with van der Waals surface area (Å²) in [6, 6.07) is 8.06. The number of hydrogen-bond acceptors (Lipinski definition) is 10. The number of hydrogen-bond donors (Lipinski definition) is 2. The topological polar surface area (TPSA) is 150 Å².